The highest BCUT2D eigenvalue weighted by Crippen LogP contribution is 2.16. The van der Waals surface area contributed by atoms with Crippen LogP contribution < -0.4 is 0 Å². The van der Waals surface area contributed by atoms with E-state index in [0.717, 1.165) is 18.2 Å². The van der Waals surface area contributed by atoms with Crippen molar-refractivity contribution in [3.05, 3.63) is 108 Å². The molecule has 0 aliphatic heterocycles. The molecule has 0 saturated heterocycles. The molecule has 0 fully saturated rings. The highest BCUT2D eigenvalue weighted by Gasteiger charge is 2.19. The van der Waals surface area contributed by atoms with Gasteiger partial charge in [0.2, 0.25) is 0 Å². The minimum Gasteiger partial charge on any atom is -0.502 e. The molecule has 0 aromatic heterocycles. The van der Waals surface area contributed by atoms with Crippen molar-refractivity contribution in [2.24, 2.45) is 0 Å². The fourth-order valence-corrected chi connectivity index (χ4v) is 3.84. The quantitative estimate of drug-likeness (QED) is 0.0509. The van der Waals surface area contributed by atoms with E-state index >= 15 is 0 Å². The van der Waals surface area contributed by atoms with Crippen LogP contribution in [-0.4, -0.2) is 90.8 Å². The standard InChI is InChI=1S/C27H36O9.C9H6O6/c1-4-31-13-7-10-16-34-25(28)22-19-23(26(29)35-17-11-8-14-32-5-2)21-24(20-22)27(30)36-18-12-9-15-33-6-3;10-7(11)4-1-5(8(12)13)3-6(2-4)9(14)15/h4-6,19-21H,1-3,7-18H2;1-3H,(H,10,11)(H,12,13)(H,14,15). The van der Waals surface area contributed by atoms with Gasteiger partial charge in [-0.25, -0.2) is 28.8 Å². The molecule has 0 radical (unpaired) electrons. The second-order valence-corrected chi connectivity index (χ2v) is 10.2. The lowest BCUT2D eigenvalue weighted by Gasteiger charge is -2.11. The van der Waals surface area contributed by atoms with Crippen LogP contribution in [-0.2, 0) is 28.4 Å². The summed E-state index contributed by atoms with van der Waals surface area (Å²) in [5.41, 5.74) is -0.945. The first kappa shape index (κ1) is 42.9. The summed E-state index contributed by atoms with van der Waals surface area (Å²) >= 11 is 0. The second-order valence-electron chi connectivity index (χ2n) is 10.2. The van der Waals surface area contributed by atoms with E-state index in [1.165, 1.54) is 37.0 Å². The fraction of sp³-hybridized carbons (Fsp3) is 0.333. The highest BCUT2D eigenvalue weighted by molar-refractivity contribution is 6.01. The van der Waals surface area contributed by atoms with Crippen LogP contribution in [0, 0.1) is 0 Å². The number of aromatic carboxylic acids is 3. The van der Waals surface area contributed by atoms with E-state index in [9.17, 15) is 28.8 Å². The Bertz CT molecular complexity index is 1310. The van der Waals surface area contributed by atoms with E-state index in [4.69, 9.17) is 43.7 Å². The third-order valence-corrected chi connectivity index (χ3v) is 6.34. The molecule has 2 aromatic rings. The Balaban J connectivity index is 0.000000718. The van der Waals surface area contributed by atoms with Gasteiger partial charge in [-0.15, -0.1) is 0 Å². The minimum atomic E-state index is -1.37. The predicted octanol–water partition coefficient (Wildman–Crippen LogP) is 5.76. The van der Waals surface area contributed by atoms with Gasteiger partial charge in [-0.05, 0) is 74.9 Å². The molecule has 2 rings (SSSR count). The van der Waals surface area contributed by atoms with Gasteiger partial charge in [0.05, 0.1) is 91.8 Å². The number of carbonyl (C=O) groups is 6. The van der Waals surface area contributed by atoms with Crippen LogP contribution >= 0.6 is 0 Å². The van der Waals surface area contributed by atoms with Crippen molar-refractivity contribution in [3.8, 4) is 0 Å². The molecule has 0 atom stereocenters. The van der Waals surface area contributed by atoms with Crippen LogP contribution in [0.15, 0.2) is 74.9 Å². The Labute approximate surface area is 294 Å². The third kappa shape index (κ3) is 17.7. The Kier molecular flexibility index (Phi) is 21.0. The van der Waals surface area contributed by atoms with Crippen molar-refractivity contribution >= 4 is 35.8 Å². The van der Waals surface area contributed by atoms with E-state index < -0.39 is 35.8 Å². The van der Waals surface area contributed by atoms with Crippen molar-refractivity contribution in [1.82, 2.24) is 0 Å². The van der Waals surface area contributed by atoms with Crippen molar-refractivity contribution in [1.29, 1.82) is 0 Å². The number of benzene rings is 2. The van der Waals surface area contributed by atoms with Crippen molar-refractivity contribution < 1.29 is 72.5 Å². The van der Waals surface area contributed by atoms with Crippen LogP contribution in [0.5, 0.6) is 0 Å². The lowest BCUT2D eigenvalue weighted by atomic mass is 10.1. The minimum absolute atomic E-state index is 0.0532. The molecular weight excluding hydrogens is 672 g/mol. The lowest BCUT2D eigenvalue weighted by molar-refractivity contribution is 0.0484. The number of ether oxygens (including phenoxy) is 6. The normalized spacial score (nSPS) is 9.88. The molecule has 2 aromatic carbocycles. The number of carboxylic acid groups (broad SMARTS) is 3. The van der Waals surface area contributed by atoms with Crippen LogP contribution in [0.4, 0.5) is 0 Å². The summed E-state index contributed by atoms with van der Waals surface area (Å²) in [6.45, 7) is 12.3. The molecule has 51 heavy (non-hydrogen) atoms. The Hall–Kier alpha value is -6.12. The highest BCUT2D eigenvalue weighted by atomic mass is 16.5. The summed E-state index contributed by atoms with van der Waals surface area (Å²) in [7, 11) is 0. The van der Waals surface area contributed by atoms with Crippen LogP contribution in [0.2, 0.25) is 0 Å². The van der Waals surface area contributed by atoms with Gasteiger partial charge >= 0.3 is 35.8 Å². The number of esters is 3. The molecule has 0 spiro atoms. The van der Waals surface area contributed by atoms with Gasteiger partial charge in [0.15, 0.2) is 0 Å². The number of unbranched alkanes of at least 4 members (excludes halogenated alkanes) is 3. The number of hydrogen-bond acceptors (Lipinski definition) is 12. The van der Waals surface area contributed by atoms with Gasteiger partial charge in [-0.2, -0.15) is 0 Å². The first-order valence-electron chi connectivity index (χ1n) is 15.6. The molecule has 15 heteroatoms. The summed E-state index contributed by atoms with van der Waals surface area (Å²) < 4.78 is 30.9. The molecule has 0 amide bonds. The molecular formula is C36H42O15. The van der Waals surface area contributed by atoms with E-state index in [-0.39, 0.29) is 53.2 Å². The summed E-state index contributed by atoms with van der Waals surface area (Å²) in [6, 6.07) is 6.73. The number of hydrogen-bond donors (Lipinski definition) is 3. The molecule has 0 aliphatic rings. The molecule has 0 heterocycles. The van der Waals surface area contributed by atoms with E-state index in [2.05, 4.69) is 19.7 Å². The van der Waals surface area contributed by atoms with Crippen molar-refractivity contribution in [2.45, 2.75) is 38.5 Å². The third-order valence-electron chi connectivity index (χ3n) is 6.34. The molecule has 0 bridgehead atoms. The molecule has 0 aliphatic carbocycles. The first-order chi connectivity index (χ1) is 24.4. The van der Waals surface area contributed by atoms with Crippen LogP contribution in [0.25, 0.3) is 0 Å². The van der Waals surface area contributed by atoms with Crippen molar-refractivity contribution in [2.75, 3.05) is 39.6 Å². The average Bonchev–Trinajstić information content (AvgIpc) is 3.12. The Morgan fingerprint density at radius 2 is 0.627 bits per heavy atom. The zero-order valence-corrected chi connectivity index (χ0v) is 28.0. The molecule has 0 unspecified atom stereocenters. The molecule has 15 nitrogen and oxygen atoms in total. The molecule has 0 saturated carbocycles. The summed E-state index contributed by atoms with van der Waals surface area (Å²) in [4.78, 5) is 69.5. The van der Waals surface area contributed by atoms with Gasteiger partial charge in [0, 0.05) is 0 Å². The topological polar surface area (TPSA) is 218 Å². The maximum absolute atomic E-state index is 12.6. The summed E-state index contributed by atoms with van der Waals surface area (Å²) in [5, 5.41) is 25.8. The van der Waals surface area contributed by atoms with Crippen LogP contribution in [0.3, 0.4) is 0 Å². The monoisotopic (exact) mass is 714 g/mol. The second kappa shape index (κ2) is 24.9. The van der Waals surface area contributed by atoms with Gasteiger partial charge in [-0.3, -0.25) is 0 Å². The van der Waals surface area contributed by atoms with E-state index in [0.29, 0.717) is 58.3 Å². The Morgan fingerprint density at radius 3 is 0.843 bits per heavy atom. The van der Waals surface area contributed by atoms with Gasteiger partial charge < -0.3 is 43.7 Å². The molecule has 276 valence electrons. The van der Waals surface area contributed by atoms with Gasteiger partial charge in [0.1, 0.15) is 0 Å². The SMILES string of the molecule is C=COCCCCOC(=O)c1cc(C(=O)OCCCCOC=C)cc(C(=O)OCCCCOC=C)c1.O=C(O)c1cc(C(=O)O)cc(C(=O)O)c1. The zero-order valence-electron chi connectivity index (χ0n) is 28.0. The predicted molar refractivity (Wildman–Crippen MR) is 181 cm³/mol. The Morgan fingerprint density at radius 1 is 0.412 bits per heavy atom. The van der Waals surface area contributed by atoms with Gasteiger partial charge in [0.25, 0.3) is 0 Å². The van der Waals surface area contributed by atoms with Crippen molar-refractivity contribution in [3.63, 3.8) is 0 Å². The first-order valence-corrected chi connectivity index (χ1v) is 15.6. The smallest absolute Gasteiger partial charge is 0.338 e. The number of rotatable bonds is 24. The van der Waals surface area contributed by atoms with E-state index in [1.807, 2.05) is 0 Å². The van der Waals surface area contributed by atoms with E-state index in [1.54, 1.807) is 0 Å². The lowest BCUT2D eigenvalue weighted by Crippen LogP contribution is -2.14. The average molecular weight is 715 g/mol. The maximum Gasteiger partial charge on any atom is 0.338 e. The number of carboxylic acids is 3. The van der Waals surface area contributed by atoms with Gasteiger partial charge in [-0.1, -0.05) is 19.7 Å². The summed E-state index contributed by atoms with van der Waals surface area (Å²) in [6.07, 6.45) is 7.84. The van der Waals surface area contributed by atoms with Crippen LogP contribution in [0.1, 0.15) is 101 Å². The largest absolute Gasteiger partial charge is 0.502 e. The maximum atomic E-state index is 12.6. The summed E-state index contributed by atoms with van der Waals surface area (Å²) in [5.74, 6) is -6.11. The number of carbonyl (C=O) groups excluding carboxylic acids is 3. The zero-order chi connectivity index (χ0) is 38.0. The molecule has 3 N–H and O–H groups in total. The fourth-order valence-electron chi connectivity index (χ4n) is 3.84.